The van der Waals surface area contributed by atoms with Gasteiger partial charge in [0.15, 0.2) is 0 Å². The van der Waals surface area contributed by atoms with Gasteiger partial charge in [-0.2, -0.15) is 0 Å². The van der Waals surface area contributed by atoms with Crippen LogP contribution in [0.25, 0.3) is 0 Å². The standard InChI is InChI=1S/C20H25N3O2/c1-15(2)11-18(20(25)22-14-17-9-6-10-21-13-17)23-19(24)12-16-7-4-3-5-8-16/h3-10,13,15,18H,11-12,14H2,1-2H3,(H,22,25)(H,23,24)/t18-/m1/s1. The first-order valence-corrected chi connectivity index (χ1v) is 8.54. The summed E-state index contributed by atoms with van der Waals surface area (Å²) in [5, 5.41) is 5.75. The molecule has 2 N–H and O–H groups in total. The van der Waals surface area contributed by atoms with Gasteiger partial charge >= 0.3 is 0 Å². The van der Waals surface area contributed by atoms with Crippen LogP contribution in [0.15, 0.2) is 54.9 Å². The van der Waals surface area contributed by atoms with Crippen LogP contribution < -0.4 is 10.6 Å². The fraction of sp³-hybridized carbons (Fsp3) is 0.350. The molecule has 1 atom stereocenters. The van der Waals surface area contributed by atoms with E-state index < -0.39 is 6.04 Å². The first kappa shape index (κ1) is 18.6. The van der Waals surface area contributed by atoms with E-state index in [0.29, 0.717) is 18.9 Å². The highest BCUT2D eigenvalue weighted by Crippen LogP contribution is 2.07. The minimum absolute atomic E-state index is 0.145. The Morgan fingerprint density at radius 3 is 2.40 bits per heavy atom. The molecular weight excluding hydrogens is 314 g/mol. The van der Waals surface area contributed by atoms with Gasteiger partial charge in [-0.25, -0.2) is 0 Å². The first-order valence-electron chi connectivity index (χ1n) is 8.54. The molecule has 2 rings (SSSR count). The van der Waals surface area contributed by atoms with Crippen LogP contribution >= 0.6 is 0 Å². The van der Waals surface area contributed by atoms with Gasteiger partial charge in [-0.1, -0.05) is 50.2 Å². The van der Waals surface area contributed by atoms with Gasteiger partial charge in [0.05, 0.1) is 6.42 Å². The van der Waals surface area contributed by atoms with Gasteiger partial charge < -0.3 is 10.6 Å². The Bertz CT molecular complexity index is 672. The van der Waals surface area contributed by atoms with Crippen molar-refractivity contribution in [2.45, 2.75) is 39.3 Å². The smallest absolute Gasteiger partial charge is 0.242 e. The average molecular weight is 339 g/mol. The van der Waals surface area contributed by atoms with E-state index in [0.717, 1.165) is 11.1 Å². The Balaban J connectivity index is 1.92. The van der Waals surface area contributed by atoms with Crippen molar-refractivity contribution in [1.29, 1.82) is 0 Å². The quantitative estimate of drug-likeness (QED) is 0.776. The third-order valence-electron chi connectivity index (χ3n) is 3.76. The average Bonchev–Trinajstić information content (AvgIpc) is 2.60. The molecule has 0 spiro atoms. The van der Waals surface area contributed by atoms with Crippen LogP contribution in [0, 0.1) is 5.92 Å². The summed E-state index contributed by atoms with van der Waals surface area (Å²) in [7, 11) is 0. The second kappa shape index (κ2) is 9.57. The molecular formula is C20H25N3O2. The Morgan fingerprint density at radius 2 is 1.76 bits per heavy atom. The molecule has 5 nitrogen and oxygen atoms in total. The number of aromatic nitrogens is 1. The summed E-state index contributed by atoms with van der Waals surface area (Å²) in [4.78, 5) is 28.8. The third-order valence-corrected chi connectivity index (χ3v) is 3.76. The molecule has 1 aromatic carbocycles. The summed E-state index contributed by atoms with van der Waals surface area (Å²) in [5.41, 5.74) is 1.86. The van der Waals surface area contributed by atoms with Crippen LogP contribution in [0.2, 0.25) is 0 Å². The Kier molecular flexibility index (Phi) is 7.14. The molecule has 1 heterocycles. The van der Waals surface area contributed by atoms with Crippen molar-refractivity contribution in [2.24, 2.45) is 5.92 Å². The number of benzene rings is 1. The predicted molar refractivity (Wildman–Crippen MR) is 97.6 cm³/mol. The molecule has 0 aliphatic heterocycles. The van der Waals surface area contributed by atoms with Gasteiger partial charge in [-0.3, -0.25) is 14.6 Å². The van der Waals surface area contributed by atoms with Crippen LogP contribution in [0.3, 0.4) is 0 Å². The summed E-state index contributed by atoms with van der Waals surface area (Å²) < 4.78 is 0. The second-order valence-electron chi connectivity index (χ2n) is 6.49. The maximum atomic E-state index is 12.5. The van der Waals surface area contributed by atoms with Crippen molar-refractivity contribution in [3.8, 4) is 0 Å². The normalized spacial score (nSPS) is 11.8. The second-order valence-corrected chi connectivity index (χ2v) is 6.49. The maximum absolute atomic E-state index is 12.5. The van der Waals surface area contributed by atoms with E-state index in [2.05, 4.69) is 15.6 Å². The van der Waals surface area contributed by atoms with E-state index in [1.54, 1.807) is 12.4 Å². The number of hydrogen-bond acceptors (Lipinski definition) is 3. The number of amides is 2. The molecule has 5 heteroatoms. The van der Waals surface area contributed by atoms with Crippen molar-refractivity contribution < 1.29 is 9.59 Å². The maximum Gasteiger partial charge on any atom is 0.242 e. The predicted octanol–water partition coefficient (Wildman–Crippen LogP) is 2.47. The fourth-order valence-electron chi connectivity index (χ4n) is 2.54. The van der Waals surface area contributed by atoms with Crippen LogP contribution in [-0.2, 0) is 22.6 Å². The molecule has 0 aliphatic rings. The third kappa shape index (κ3) is 6.75. The summed E-state index contributed by atoms with van der Waals surface area (Å²) in [5.74, 6) is -0.0153. The van der Waals surface area contributed by atoms with Crippen LogP contribution in [0.1, 0.15) is 31.4 Å². The number of carbonyl (C=O) groups excluding carboxylic acids is 2. The summed E-state index contributed by atoms with van der Waals surface area (Å²) >= 11 is 0. The van der Waals surface area contributed by atoms with Gasteiger partial charge in [0.2, 0.25) is 11.8 Å². The molecule has 0 aliphatic carbocycles. The number of nitrogens with zero attached hydrogens (tertiary/aromatic N) is 1. The van der Waals surface area contributed by atoms with E-state index in [1.165, 1.54) is 0 Å². The lowest BCUT2D eigenvalue weighted by Gasteiger charge is -2.20. The molecule has 0 radical (unpaired) electrons. The minimum Gasteiger partial charge on any atom is -0.350 e. The van der Waals surface area contributed by atoms with Gasteiger partial charge in [-0.05, 0) is 29.5 Å². The SMILES string of the molecule is CC(C)C[C@@H](NC(=O)Cc1ccccc1)C(=O)NCc1cccnc1. The van der Waals surface area contributed by atoms with Gasteiger partial charge in [0.25, 0.3) is 0 Å². The fourth-order valence-corrected chi connectivity index (χ4v) is 2.54. The van der Waals surface area contributed by atoms with Gasteiger partial charge in [-0.15, -0.1) is 0 Å². The number of rotatable bonds is 8. The van der Waals surface area contributed by atoms with Crippen LogP contribution in [0.4, 0.5) is 0 Å². The zero-order valence-corrected chi connectivity index (χ0v) is 14.7. The number of hydrogen-bond donors (Lipinski definition) is 2. The number of pyridine rings is 1. The summed E-state index contributed by atoms with van der Waals surface area (Å²) in [6.07, 6.45) is 4.27. The monoisotopic (exact) mass is 339 g/mol. The molecule has 2 amide bonds. The molecule has 2 aromatic rings. The summed E-state index contributed by atoms with van der Waals surface area (Å²) in [6.45, 7) is 4.46. The van der Waals surface area contributed by atoms with Crippen molar-refractivity contribution in [2.75, 3.05) is 0 Å². The summed E-state index contributed by atoms with van der Waals surface area (Å²) in [6, 6.07) is 12.7. The highest BCUT2D eigenvalue weighted by atomic mass is 16.2. The van der Waals surface area contributed by atoms with Crippen molar-refractivity contribution in [1.82, 2.24) is 15.6 Å². The van der Waals surface area contributed by atoms with Gasteiger partial charge in [0, 0.05) is 18.9 Å². The zero-order chi connectivity index (χ0) is 18.1. The highest BCUT2D eigenvalue weighted by molar-refractivity contribution is 5.88. The molecule has 0 unspecified atom stereocenters. The van der Waals surface area contributed by atoms with Gasteiger partial charge in [0.1, 0.15) is 6.04 Å². The van der Waals surface area contributed by atoms with Crippen molar-refractivity contribution in [3.05, 3.63) is 66.0 Å². The van der Waals surface area contributed by atoms with Crippen LogP contribution in [0.5, 0.6) is 0 Å². The highest BCUT2D eigenvalue weighted by Gasteiger charge is 2.21. The van der Waals surface area contributed by atoms with Crippen molar-refractivity contribution in [3.63, 3.8) is 0 Å². The van der Waals surface area contributed by atoms with E-state index >= 15 is 0 Å². The topological polar surface area (TPSA) is 71.1 Å². The lowest BCUT2D eigenvalue weighted by molar-refractivity contribution is -0.129. The number of carbonyl (C=O) groups is 2. The van der Waals surface area contributed by atoms with Crippen molar-refractivity contribution >= 4 is 11.8 Å². The molecule has 132 valence electrons. The molecule has 0 bridgehead atoms. The molecule has 0 saturated carbocycles. The lowest BCUT2D eigenvalue weighted by Crippen LogP contribution is -2.47. The van der Waals surface area contributed by atoms with E-state index in [9.17, 15) is 9.59 Å². The number of nitrogens with one attached hydrogen (secondary N) is 2. The molecule has 0 saturated heterocycles. The van der Waals surface area contributed by atoms with Crippen LogP contribution in [-0.4, -0.2) is 22.8 Å². The largest absolute Gasteiger partial charge is 0.350 e. The lowest BCUT2D eigenvalue weighted by atomic mass is 10.0. The van der Waals surface area contributed by atoms with E-state index in [1.807, 2.05) is 56.3 Å². The molecule has 25 heavy (non-hydrogen) atoms. The van der Waals surface area contributed by atoms with E-state index in [4.69, 9.17) is 0 Å². The Hall–Kier alpha value is -2.69. The molecule has 1 aromatic heterocycles. The molecule has 0 fully saturated rings. The minimum atomic E-state index is -0.534. The van der Waals surface area contributed by atoms with E-state index in [-0.39, 0.29) is 18.2 Å². The zero-order valence-electron chi connectivity index (χ0n) is 14.7. The Labute approximate surface area is 148 Å². The first-order chi connectivity index (χ1) is 12.0. The Morgan fingerprint density at radius 1 is 1.04 bits per heavy atom.